The van der Waals surface area contributed by atoms with Gasteiger partial charge in [0, 0.05) is 19.3 Å². The van der Waals surface area contributed by atoms with Crippen molar-refractivity contribution in [3.8, 4) is 0 Å². The first-order chi connectivity index (χ1) is 8.97. The Balaban J connectivity index is 2.14. The highest BCUT2D eigenvalue weighted by Gasteiger charge is 2.38. The van der Waals surface area contributed by atoms with E-state index < -0.39 is 10.0 Å². The van der Waals surface area contributed by atoms with Crippen LogP contribution in [0.3, 0.4) is 0 Å². The predicted molar refractivity (Wildman–Crippen MR) is 75.5 cm³/mol. The molecule has 0 spiro atoms. The summed E-state index contributed by atoms with van der Waals surface area (Å²) in [5.41, 5.74) is 0.705. The summed E-state index contributed by atoms with van der Waals surface area (Å²) in [5, 5.41) is 3.19. The van der Waals surface area contributed by atoms with Gasteiger partial charge in [0.2, 0.25) is 0 Å². The van der Waals surface area contributed by atoms with Crippen LogP contribution in [0.15, 0.2) is 23.4 Å². The van der Waals surface area contributed by atoms with Crippen LogP contribution in [0.25, 0.3) is 0 Å². The van der Waals surface area contributed by atoms with Crippen LogP contribution >= 0.6 is 0 Å². The molecule has 0 radical (unpaired) electrons. The van der Waals surface area contributed by atoms with E-state index in [0.717, 1.165) is 25.8 Å². The summed E-state index contributed by atoms with van der Waals surface area (Å²) in [6.07, 6.45) is 4.60. The third kappa shape index (κ3) is 3.67. The van der Waals surface area contributed by atoms with Gasteiger partial charge >= 0.3 is 0 Å². The number of pyridine rings is 1. The van der Waals surface area contributed by atoms with Crippen molar-refractivity contribution >= 4 is 15.7 Å². The quantitative estimate of drug-likeness (QED) is 0.802. The molecule has 1 heterocycles. The van der Waals surface area contributed by atoms with E-state index in [2.05, 4.69) is 21.9 Å². The van der Waals surface area contributed by atoms with Gasteiger partial charge in [-0.25, -0.2) is 18.1 Å². The van der Waals surface area contributed by atoms with E-state index in [1.54, 1.807) is 12.1 Å². The number of rotatable bonds is 7. The van der Waals surface area contributed by atoms with Crippen LogP contribution in [-0.4, -0.2) is 26.5 Å². The molecule has 0 bridgehead atoms. The summed E-state index contributed by atoms with van der Waals surface area (Å²) in [5.74, 6) is 0. The number of anilines is 1. The van der Waals surface area contributed by atoms with E-state index in [9.17, 15) is 8.42 Å². The molecule has 0 aliphatic heterocycles. The molecule has 0 atom stereocenters. The average molecular weight is 283 g/mol. The third-order valence-corrected chi connectivity index (χ3v) is 4.74. The van der Waals surface area contributed by atoms with Crippen molar-refractivity contribution in [1.29, 1.82) is 0 Å². The lowest BCUT2D eigenvalue weighted by Crippen LogP contribution is -2.30. The molecule has 1 aromatic heterocycles. The average Bonchev–Trinajstić information content (AvgIpc) is 3.13. The molecular formula is C13H21N3O2S. The zero-order chi connectivity index (χ0) is 13.9. The molecule has 2 rings (SSSR count). The van der Waals surface area contributed by atoms with Crippen molar-refractivity contribution in [2.75, 3.05) is 18.4 Å². The van der Waals surface area contributed by atoms with E-state index in [0.29, 0.717) is 12.2 Å². The molecule has 1 saturated carbocycles. The second-order valence-corrected chi connectivity index (χ2v) is 7.10. The standard InChI is InChI=1S/C13H21N3O2S/c1-3-8-14-11-5-4-9-15-12(11)19(17,18)16-10-13(2)6-7-13/h4-5,9,14,16H,3,6-8,10H2,1-2H3. The number of sulfonamides is 1. The van der Waals surface area contributed by atoms with E-state index in [4.69, 9.17) is 0 Å². The SMILES string of the molecule is CCCNc1cccnc1S(=O)(=O)NCC1(C)CC1. The van der Waals surface area contributed by atoms with Crippen LogP contribution < -0.4 is 10.0 Å². The van der Waals surface area contributed by atoms with Crippen molar-refractivity contribution in [1.82, 2.24) is 9.71 Å². The van der Waals surface area contributed by atoms with Gasteiger partial charge in [-0.2, -0.15) is 0 Å². The van der Waals surface area contributed by atoms with Crippen LogP contribution in [0.5, 0.6) is 0 Å². The zero-order valence-corrected chi connectivity index (χ0v) is 12.3. The van der Waals surface area contributed by atoms with Gasteiger partial charge in [0.25, 0.3) is 10.0 Å². The second kappa shape index (κ2) is 5.46. The minimum Gasteiger partial charge on any atom is -0.383 e. The van der Waals surface area contributed by atoms with Crippen molar-refractivity contribution < 1.29 is 8.42 Å². The number of hydrogen-bond acceptors (Lipinski definition) is 4. The first-order valence-corrected chi connectivity index (χ1v) is 8.14. The summed E-state index contributed by atoms with van der Waals surface area (Å²) >= 11 is 0. The number of nitrogens with zero attached hydrogens (tertiary/aromatic N) is 1. The van der Waals surface area contributed by atoms with E-state index in [1.807, 2.05) is 6.92 Å². The first-order valence-electron chi connectivity index (χ1n) is 6.65. The summed E-state index contributed by atoms with van der Waals surface area (Å²) in [6.45, 7) is 5.33. The highest BCUT2D eigenvalue weighted by molar-refractivity contribution is 7.89. The Morgan fingerprint density at radius 1 is 1.42 bits per heavy atom. The summed E-state index contributed by atoms with van der Waals surface area (Å²) in [7, 11) is -3.54. The van der Waals surface area contributed by atoms with Crippen molar-refractivity contribution in [3.63, 3.8) is 0 Å². The van der Waals surface area contributed by atoms with E-state index in [1.165, 1.54) is 6.20 Å². The van der Waals surface area contributed by atoms with Gasteiger partial charge < -0.3 is 5.32 Å². The minimum absolute atomic E-state index is 0.0905. The maximum Gasteiger partial charge on any atom is 0.260 e. The minimum atomic E-state index is -3.54. The third-order valence-electron chi connectivity index (χ3n) is 3.38. The topological polar surface area (TPSA) is 71.1 Å². The maximum atomic E-state index is 12.3. The first kappa shape index (κ1) is 14.3. The molecule has 106 valence electrons. The predicted octanol–water partition coefficient (Wildman–Crippen LogP) is 1.98. The molecule has 0 unspecified atom stereocenters. The normalized spacial score (nSPS) is 17.2. The molecule has 0 saturated heterocycles. The Morgan fingerprint density at radius 3 is 2.79 bits per heavy atom. The smallest absolute Gasteiger partial charge is 0.260 e. The fourth-order valence-corrected chi connectivity index (χ4v) is 3.03. The maximum absolute atomic E-state index is 12.3. The molecule has 19 heavy (non-hydrogen) atoms. The van der Waals surface area contributed by atoms with Gasteiger partial charge in [0.05, 0.1) is 5.69 Å². The second-order valence-electron chi connectivity index (χ2n) is 5.42. The Hall–Kier alpha value is -1.14. The number of aromatic nitrogens is 1. The van der Waals surface area contributed by atoms with Crippen LogP contribution in [0.1, 0.15) is 33.1 Å². The van der Waals surface area contributed by atoms with Gasteiger partial charge in [-0.05, 0) is 36.8 Å². The Kier molecular flexibility index (Phi) is 4.10. The lowest BCUT2D eigenvalue weighted by molar-refractivity contribution is 0.528. The lowest BCUT2D eigenvalue weighted by atomic mass is 10.2. The molecule has 1 aliphatic rings. The van der Waals surface area contributed by atoms with E-state index >= 15 is 0 Å². The van der Waals surface area contributed by atoms with Gasteiger partial charge in [-0.3, -0.25) is 0 Å². The molecule has 1 fully saturated rings. The molecule has 0 aromatic carbocycles. The highest BCUT2D eigenvalue weighted by Crippen LogP contribution is 2.44. The Bertz CT molecular complexity index is 539. The molecule has 5 nitrogen and oxygen atoms in total. The van der Waals surface area contributed by atoms with Gasteiger partial charge in [0.15, 0.2) is 5.03 Å². The Labute approximate surface area is 114 Å². The van der Waals surface area contributed by atoms with Crippen molar-refractivity contribution in [2.45, 2.75) is 38.1 Å². The Morgan fingerprint density at radius 2 is 2.16 bits per heavy atom. The van der Waals surface area contributed by atoms with Crippen molar-refractivity contribution in [2.24, 2.45) is 5.41 Å². The fraction of sp³-hybridized carbons (Fsp3) is 0.615. The molecule has 1 aliphatic carbocycles. The molecular weight excluding hydrogens is 262 g/mol. The van der Waals surface area contributed by atoms with Gasteiger partial charge in [-0.1, -0.05) is 13.8 Å². The zero-order valence-electron chi connectivity index (χ0n) is 11.4. The van der Waals surface area contributed by atoms with Crippen LogP contribution in [0, 0.1) is 5.41 Å². The lowest BCUT2D eigenvalue weighted by Gasteiger charge is -2.13. The molecule has 2 N–H and O–H groups in total. The van der Waals surface area contributed by atoms with Crippen LogP contribution in [0.2, 0.25) is 0 Å². The summed E-state index contributed by atoms with van der Waals surface area (Å²) < 4.78 is 27.2. The molecule has 0 amide bonds. The van der Waals surface area contributed by atoms with Gasteiger partial charge in [0.1, 0.15) is 0 Å². The number of nitrogens with one attached hydrogen (secondary N) is 2. The number of hydrogen-bond donors (Lipinski definition) is 2. The monoisotopic (exact) mass is 283 g/mol. The molecule has 1 aromatic rings. The van der Waals surface area contributed by atoms with Crippen LogP contribution in [-0.2, 0) is 10.0 Å². The summed E-state index contributed by atoms with van der Waals surface area (Å²) in [4.78, 5) is 4.01. The van der Waals surface area contributed by atoms with E-state index in [-0.39, 0.29) is 10.4 Å². The fourth-order valence-electron chi connectivity index (χ4n) is 1.73. The largest absolute Gasteiger partial charge is 0.383 e. The van der Waals surface area contributed by atoms with Crippen molar-refractivity contribution in [3.05, 3.63) is 18.3 Å². The van der Waals surface area contributed by atoms with Gasteiger partial charge in [-0.15, -0.1) is 0 Å². The van der Waals surface area contributed by atoms with Crippen LogP contribution in [0.4, 0.5) is 5.69 Å². The highest BCUT2D eigenvalue weighted by atomic mass is 32.2. The molecule has 6 heteroatoms. The summed E-state index contributed by atoms with van der Waals surface area (Å²) in [6, 6.07) is 3.48.